The summed E-state index contributed by atoms with van der Waals surface area (Å²) < 4.78 is 41.4. The number of likely N-dealkylation sites (N-methyl/N-ethyl adjacent to an activating group) is 1. The summed E-state index contributed by atoms with van der Waals surface area (Å²) in [6, 6.07) is 7.74. The first-order chi connectivity index (χ1) is 11.4. The molecule has 2 nitrogen and oxygen atoms in total. The highest BCUT2D eigenvalue weighted by Gasteiger charge is 2.31. The summed E-state index contributed by atoms with van der Waals surface area (Å²) in [6.07, 6.45) is -3.33. The largest absolute Gasteiger partial charge is 0.416 e. The molecule has 3 rings (SSSR count). The monoisotopic (exact) mass is 354 g/mol. The van der Waals surface area contributed by atoms with E-state index in [1.165, 1.54) is 23.4 Å². The van der Waals surface area contributed by atoms with Crippen molar-refractivity contribution in [3.05, 3.63) is 47.2 Å². The molecule has 0 spiro atoms. The molecule has 0 N–H and O–H groups in total. The lowest BCUT2D eigenvalue weighted by atomic mass is 10.1. The van der Waals surface area contributed by atoms with Gasteiger partial charge in [-0.1, -0.05) is 12.1 Å². The van der Waals surface area contributed by atoms with Crippen LogP contribution in [0.5, 0.6) is 0 Å². The summed E-state index contributed by atoms with van der Waals surface area (Å²) in [6.45, 7) is 1.65. The van der Waals surface area contributed by atoms with Gasteiger partial charge in [-0.05, 0) is 55.6 Å². The van der Waals surface area contributed by atoms with Crippen LogP contribution in [0.3, 0.4) is 0 Å². The van der Waals surface area contributed by atoms with Crippen molar-refractivity contribution in [3.8, 4) is 11.3 Å². The molecule has 0 saturated heterocycles. The Balaban J connectivity index is 2.05. The topological polar surface area (TPSA) is 8.17 Å². The van der Waals surface area contributed by atoms with E-state index in [2.05, 4.69) is 15.5 Å². The summed E-state index contributed by atoms with van der Waals surface area (Å²) in [5, 5.41) is 0. The number of benzene rings is 1. The van der Waals surface area contributed by atoms with E-state index >= 15 is 0 Å². The number of fused-ring (bicyclic) bond motifs is 1. The van der Waals surface area contributed by atoms with Crippen molar-refractivity contribution in [3.63, 3.8) is 0 Å². The number of hydrogen-bond donors (Lipinski definition) is 0. The molecule has 24 heavy (non-hydrogen) atoms. The van der Waals surface area contributed by atoms with Gasteiger partial charge in [-0.15, -0.1) is 0 Å². The Kier molecular flexibility index (Phi) is 4.97. The fourth-order valence-electron chi connectivity index (χ4n) is 3.07. The first-order valence-corrected chi connectivity index (χ1v) is 9.13. The Labute approximate surface area is 144 Å². The number of thioether (sulfide) groups is 1. The minimum absolute atomic E-state index is 0.590. The summed E-state index contributed by atoms with van der Waals surface area (Å²) in [5.74, 6) is 2.01. The standard InChI is InChI=1S/C18H21F3N2S/c1-22(2)7-8-23-16-6-9-24-12-14(16)11-17(23)13-4-3-5-15(10-13)18(19,20)21/h3-5,10-11H,6-9,12H2,1-2H3. The molecule has 0 aliphatic carbocycles. The zero-order valence-corrected chi connectivity index (χ0v) is 14.7. The number of halogens is 3. The van der Waals surface area contributed by atoms with Crippen LogP contribution in [0, 0.1) is 0 Å². The van der Waals surface area contributed by atoms with Crippen LogP contribution in [0.2, 0.25) is 0 Å². The molecule has 0 fully saturated rings. The number of hydrogen-bond acceptors (Lipinski definition) is 2. The maximum Gasteiger partial charge on any atom is 0.416 e. The zero-order chi connectivity index (χ0) is 17.3. The highest BCUT2D eigenvalue weighted by Crippen LogP contribution is 2.36. The van der Waals surface area contributed by atoms with Crippen LogP contribution in [0.4, 0.5) is 13.2 Å². The zero-order valence-electron chi connectivity index (χ0n) is 13.9. The molecule has 2 heterocycles. The molecule has 0 amide bonds. The van der Waals surface area contributed by atoms with Crippen LogP contribution >= 0.6 is 11.8 Å². The van der Waals surface area contributed by atoms with E-state index in [1.54, 1.807) is 6.07 Å². The van der Waals surface area contributed by atoms with Gasteiger partial charge < -0.3 is 9.47 Å². The molecular weight excluding hydrogens is 333 g/mol. The van der Waals surface area contributed by atoms with Crippen molar-refractivity contribution in [2.45, 2.75) is 24.9 Å². The molecule has 130 valence electrons. The van der Waals surface area contributed by atoms with E-state index in [0.717, 1.165) is 42.8 Å². The lowest BCUT2D eigenvalue weighted by Crippen LogP contribution is -2.21. The molecule has 0 unspecified atom stereocenters. The molecule has 1 aliphatic heterocycles. The average Bonchev–Trinajstić information content (AvgIpc) is 2.91. The maximum absolute atomic E-state index is 13.0. The number of nitrogens with zero attached hydrogens (tertiary/aromatic N) is 2. The van der Waals surface area contributed by atoms with Crippen molar-refractivity contribution in [2.75, 3.05) is 26.4 Å². The van der Waals surface area contributed by atoms with Gasteiger partial charge in [0.25, 0.3) is 0 Å². The van der Waals surface area contributed by atoms with Crippen LogP contribution in [0.1, 0.15) is 16.8 Å². The van der Waals surface area contributed by atoms with E-state index in [9.17, 15) is 13.2 Å². The van der Waals surface area contributed by atoms with Gasteiger partial charge in [0.1, 0.15) is 0 Å². The van der Waals surface area contributed by atoms with Crippen LogP contribution < -0.4 is 0 Å². The smallest absolute Gasteiger partial charge is 0.343 e. The molecule has 0 bridgehead atoms. The van der Waals surface area contributed by atoms with Crippen LogP contribution in [-0.4, -0.2) is 35.9 Å². The van der Waals surface area contributed by atoms with E-state index in [-0.39, 0.29) is 0 Å². The first-order valence-electron chi connectivity index (χ1n) is 7.97. The predicted octanol–water partition coefficient (Wildman–Crippen LogP) is 4.52. The molecule has 6 heteroatoms. The molecule has 1 aromatic carbocycles. The van der Waals surface area contributed by atoms with Gasteiger partial charge in [-0.3, -0.25) is 0 Å². The summed E-state index contributed by atoms with van der Waals surface area (Å²) in [5.41, 5.74) is 3.49. The van der Waals surface area contributed by atoms with Gasteiger partial charge in [-0.25, -0.2) is 0 Å². The Morgan fingerprint density at radius 3 is 2.71 bits per heavy atom. The second-order valence-electron chi connectivity index (χ2n) is 6.34. The van der Waals surface area contributed by atoms with Crippen molar-refractivity contribution in [2.24, 2.45) is 0 Å². The summed E-state index contributed by atoms with van der Waals surface area (Å²) in [7, 11) is 4.02. The third-order valence-corrected chi connectivity index (χ3v) is 5.30. The third kappa shape index (κ3) is 3.64. The van der Waals surface area contributed by atoms with Gasteiger partial charge in [0.15, 0.2) is 0 Å². The maximum atomic E-state index is 13.0. The SMILES string of the molecule is CN(C)CCn1c(-c2cccc(C(F)(F)F)c2)cc2c1CCSC2. The molecular formula is C18H21F3N2S. The lowest BCUT2D eigenvalue weighted by molar-refractivity contribution is -0.137. The highest BCUT2D eigenvalue weighted by molar-refractivity contribution is 7.98. The van der Waals surface area contributed by atoms with Crippen LogP contribution in [0.25, 0.3) is 11.3 Å². The Morgan fingerprint density at radius 1 is 1.21 bits per heavy atom. The Bertz CT molecular complexity index is 720. The van der Waals surface area contributed by atoms with Crippen molar-refractivity contribution in [1.82, 2.24) is 9.47 Å². The fourth-order valence-corrected chi connectivity index (χ4v) is 4.02. The lowest BCUT2D eigenvalue weighted by Gasteiger charge is -2.19. The Morgan fingerprint density at radius 2 is 2.00 bits per heavy atom. The van der Waals surface area contributed by atoms with E-state index in [4.69, 9.17) is 0 Å². The normalized spacial score (nSPS) is 14.9. The number of alkyl halides is 3. The second-order valence-corrected chi connectivity index (χ2v) is 7.44. The van der Waals surface area contributed by atoms with Crippen molar-refractivity contribution >= 4 is 11.8 Å². The van der Waals surface area contributed by atoms with Crippen LogP contribution in [0.15, 0.2) is 30.3 Å². The summed E-state index contributed by atoms with van der Waals surface area (Å²) >= 11 is 1.88. The highest BCUT2D eigenvalue weighted by atomic mass is 32.2. The molecule has 1 aliphatic rings. The van der Waals surface area contributed by atoms with Gasteiger partial charge in [-0.2, -0.15) is 24.9 Å². The molecule has 2 aromatic rings. The van der Waals surface area contributed by atoms with E-state index in [1.807, 2.05) is 25.9 Å². The molecule has 1 aromatic heterocycles. The van der Waals surface area contributed by atoms with Gasteiger partial charge in [0, 0.05) is 30.2 Å². The number of aromatic nitrogens is 1. The minimum Gasteiger partial charge on any atom is -0.343 e. The average molecular weight is 354 g/mol. The molecule has 0 radical (unpaired) electrons. The van der Waals surface area contributed by atoms with Crippen LogP contribution in [-0.2, 0) is 24.9 Å². The fraction of sp³-hybridized carbons (Fsp3) is 0.444. The van der Waals surface area contributed by atoms with Gasteiger partial charge in [0.05, 0.1) is 5.56 Å². The summed E-state index contributed by atoms with van der Waals surface area (Å²) in [4.78, 5) is 2.10. The van der Waals surface area contributed by atoms with Crippen molar-refractivity contribution in [1.29, 1.82) is 0 Å². The number of rotatable bonds is 4. The van der Waals surface area contributed by atoms with Gasteiger partial charge >= 0.3 is 6.18 Å². The minimum atomic E-state index is -4.31. The Hall–Kier alpha value is -1.40. The van der Waals surface area contributed by atoms with Crippen molar-refractivity contribution < 1.29 is 13.2 Å². The van der Waals surface area contributed by atoms with E-state index < -0.39 is 11.7 Å². The molecule has 0 atom stereocenters. The van der Waals surface area contributed by atoms with Gasteiger partial charge in [0.2, 0.25) is 0 Å². The molecule has 0 saturated carbocycles. The first kappa shape index (κ1) is 17.4. The quantitative estimate of drug-likeness (QED) is 0.797. The van der Waals surface area contributed by atoms with E-state index in [0.29, 0.717) is 5.56 Å². The second kappa shape index (κ2) is 6.84. The third-order valence-electron chi connectivity index (χ3n) is 4.30. The predicted molar refractivity (Wildman–Crippen MR) is 93.3 cm³/mol.